The fourth-order valence-corrected chi connectivity index (χ4v) is 3.81. The summed E-state index contributed by atoms with van der Waals surface area (Å²) in [6, 6.07) is 7.35. The number of aromatic nitrogens is 4. The first-order valence-corrected chi connectivity index (χ1v) is 12.6. The zero-order valence-corrected chi connectivity index (χ0v) is 22.8. The van der Waals surface area contributed by atoms with E-state index in [4.69, 9.17) is 0 Å². The van der Waals surface area contributed by atoms with Gasteiger partial charge in [0.1, 0.15) is 0 Å². The third kappa shape index (κ3) is 7.93. The molecule has 2 aromatic heterocycles. The highest BCUT2D eigenvalue weighted by molar-refractivity contribution is 5.98. The Morgan fingerprint density at radius 1 is 1.19 bits per heavy atom. The van der Waals surface area contributed by atoms with E-state index >= 15 is 0 Å². The lowest BCUT2D eigenvalue weighted by Crippen LogP contribution is -2.18. The van der Waals surface area contributed by atoms with Crippen molar-refractivity contribution in [3.05, 3.63) is 78.3 Å². The summed E-state index contributed by atoms with van der Waals surface area (Å²) in [7, 11) is 3.85. The number of nitrogens with one attached hydrogen (secondary N) is 2. The van der Waals surface area contributed by atoms with E-state index in [2.05, 4.69) is 41.1 Å². The van der Waals surface area contributed by atoms with Gasteiger partial charge in [0.05, 0.1) is 23.6 Å². The monoisotopic (exact) mass is 505 g/mol. The third-order valence-corrected chi connectivity index (χ3v) is 5.52. The number of nitrogens with zero attached hydrogens (tertiary/aromatic N) is 5. The second-order valence-corrected chi connectivity index (χ2v) is 8.24. The van der Waals surface area contributed by atoms with E-state index in [9.17, 15) is 9.59 Å². The summed E-state index contributed by atoms with van der Waals surface area (Å²) in [6.45, 7) is 12.0. The van der Waals surface area contributed by atoms with Crippen LogP contribution in [0, 0.1) is 0 Å². The normalized spacial score (nSPS) is 10.8. The van der Waals surface area contributed by atoms with Gasteiger partial charge in [-0.15, -0.1) is 0 Å². The number of anilines is 2. The Bertz CT molecular complexity index is 1220. The number of rotatable bonds is 12. The molecule has 2 N–H and O–H groups in total. The van der Waals surface area contributed by atoms with Crippen molar-refractivity contribution in [2.24, 2.45) is 14.1 Å². The maximum Gasteiger partial charge on any atom is 0.247 e. The summed E-state index contributed by atoms with van der Waals surface area (Å²) in [6.07, 6.45) is 10.2. The first-order valence-electron chi connectivity index (χ1n) is 12.6. The molecule has 0 unspecified atom stereocenters. The van der Waals surface area contributed by atoms with Crippen molar-refractivity contribution >= 4 is 29.4 Å². The Balaban J connectivity index is 0.00000235. The number of carbonyl (C=O) groups is 2. The van der Waals surface area contributed by atoms with Crippen molar-refractivity contribution in [2.45, 2.75) is 53.5 Å². The van der Waals surface area contributed by atoms with E-state index in [-0.39, 0.29) is 5.91 Å². The van der Waals surface area contributed by atoms with E-state index < -0.39 is 0 Å². The molecule has 198 valence electrons. The van der Waals surface area contributed by atoms with E-state index in [0.29, 0.717) is 23.8 Å². The van der Waals surface area contributed by atoms with Gasteiger partial charge in [-0.2, -0.15) is 5.10 Å². The molecular formula is C28H39N7O2. The SMILES string of the molecule is C=CC(=O)Nc1cccc(CN(C=O)/C=C(/Nc2cn(C)nc2CCC)c2ncc(CC)n2C)c1.CC. The minimum atomic E-state index is -0.290. The number of amides is 2. The molecule has 0 aliphatic heterocycles. The Labute approximate surface area is 219 Å². The van der Waals surface area contributed by atoms with Crippen molar-refractivity contribution in [2.75, 3.05) is 10.6 Å². The van der Waals surface area contributed by atoms with Gasteiger partial charge in [0.15, 0.2) is 5.82 Å². The van der Waals surface area contributed by atoms with Gasteiger partial charge in [0.2, 0.25) is 12.3 Å². The summed E-state index contributed by atoms with van der Waals surface area (Å²) >= 11 is 0. The molecule has 0 saturated heterocycles. The molecule has 0 aliphatic carbocycles. The van der Waals surface area contributed by atoms with Crippen LogP contribution in [-0.4, -0.2) is 36.5 Å². The second-order valence-electron chi connectivity index (χ2n) is 8.24. The molecule has 0 spiro atoms. The second kappa shape index (κ2) is 14.4. The van der Waals surface area contributed by atoms with Crippen LogP contribution in [0.25, 0.3) is 5.70 Å². The minimum Gasteiger partial charge on any atom is -0.348 e. The van der Waals surface area contributed by atoms with Gasteiger partial charge in [-0.1, -0.05) is 52.8 Å². The molecule has 0 atom stereocenters. The molecule has 9 heteroatoms. The molecule has 3 rings (SSSR count). The van der Waals surface area contributed by atoms with Crippen LogP contribution in [0.1, 0.15) is 56.9 Å². The van der Waals surface area contributed by atoms with E-state index in [1.54, 1.807) is 21.8 Å². The first-order chi connectivity index (χ1) is 17.9. The summed E-state index contributed by atoms with van der Waals surface area (Å²) < 4.78 is 3.80. The summed E-state index contributed by atoms with van der Waals surface area (Å²) in [4.78, 5) is 29.9. The average molecular weight is 506 g/mol. The standard InChI is InChI=1S/C26H33N7O2.C2H6/c1-6-10-22-23(16-31(4)30-22)29-24(26-27-14-21(7-2)32(26)5)17-33(18-34)15-19-11-9-12-20(13-19)28-25(35)8-3;1-2/h8-9,11-14,16-18,29H,3,6-7,10,15H2,1-2,4-5H3,(H,28,35);1-2H3/b24-17+;. The Morgan fingerprint density at radius 3 is 2.57 bits per heavy atom. The molecule has 2 amide bonds. The van der Waals surface area contributed by atoms with E-state index in [0.717, 1.165) is 48.3 Å². The molecule has 9 nitrogen and oxygen atoms in total. The number of hydrogen-bond acceptors (Lipinski definition) is 5. The van der Waals surface area contributed by atoms with Crippen LogP contribution in [-0.2, 0) is 43.1 Å². The van der Waals surface area contributed by atoms with Crippen LogP contribution in [0.5, 0.6) is 0 Å². The molecule has 0 saturated carbocycles. The lowest BCUT2D eigenvalue weighted by molar-refractivity contribution is -0.116. The van der Waals surface area contributed by atoms with Gasteiger partial charge in [0, 0.05) is 44.1 Å². The molecule has 0 aliphatic rings. The van der Waals surface area contributed by atoms with Gasteiger partial charge < -0.3 is 20.1 Å². The summed E-state index contributed by atoms with van der Waals surface area (Å²) in [5, 5.41) is 10.8. The lowest BCUT2D eigenvalue weighted by atomic mass is 10.2. The maximum absolute atomic E-state index is 12.1. The van der Waals surface area contributed by atoms with E-state index in [1.807, 2.05) is 63.1 Å². The lowest BCUT2D eigenvalue weighted by Gasteiger charge is -2.18. The van der Waals surface area contributed by atoms with Gasteiger partial charge in [-0.25, -0.2) is 4.98 Å². The number of imidazole rings is 1. The number of benzene rings is 1. The van der Waals surface area contributed by atoms with Gasteiger partial charge in [-0.3, -0.25) is 14.3 Å². The number of aryl methyl sites for hydroxylation is 3. The number of hydrogen-bond donors (Lipinski definition) is 2. The van der Waals surface area contributed by atoms with Gasteiger partial charge in [0.25, 0.3) is 0 Å². The molecule has 0 bridgehead atoms. The van der Waals surface area contributed by atoms with Crippen LogP contribution in [0.4, 0.5) is 11.4 Å². The fourth-order valence-electron chi connectivity index (χ4n) is 3.81. The molecule has 0 fully saturated rings. The van der Waals surface area contributed by atoms with Gasteiger partial charge >= 0.3 is 0 Å². The van der Waals surface area contributed by atoms with Gasteiger partial charge in [-0.05, 0) is 36.6 Å². The summed E-state index contributed by atoms with van der Waals surface area (Å²) in [5.41, 5.74) is 5.08. The van der Waals surface area contributed by atoms with Crippen LogP contribution in [0.2, 0.25) is 0 Å². The first kappa shape index (κ1) is 29.1. The minimum absolute atomic E-state index is 0.290. The van der Waals surface area contributed by atoms with Crippen molar-refractivity contribution in [1.29, 1.82) is 0 Å². The fraction of sp³-hybridized carbons (Fsp3) is 0.357. The highest BCUT2D eigenvalue weighted by Gasteiger charge is 2.16. The predicted octanol–water partition coefficient (Wildman–Crippen LogP) is 4.89. The molecule has 0 radical (unpaired) electrons. The van der Waals surface area contributed by atoms with E-state index in [1.165, 1.54) is 6.08 Å². The zero-order valence-electron chi connectivity index (χ0n) is 22.8. The van der Waals surface area contributed by atoms with Crippen molar-refractivity contribution in [3.8, 4) is 0 Å². The molecule has 2 heterocycles. The smallest absolute Gasteiger partial charge is 0.247 e. The van der Waals surface area contributed by atoms with Crippen LogP contribution < -0.4 is 10.6 Å². The average Bonchev–Trinajstić information content (AvgIpc) is 3.45. The highest BCUT2D eigenvalue weighted by atomic mass is 16.1. The Morgan fingerprint density at radius 2 is 1.95 bits per heavy atom. The molecule has 37 heavy (non-hydrogen) atoms. The third-order valence-electron chi connectivity index (χ3n) is 5.52. The van der Waals surface area contributed by atoms with Crippen LogP contribution >= 0.6 is 0 Å². The Kier molecular flexibility index (Phi) is 11.3. The quantitative estimate of drug-likeness (QED) is 0.270. The molecular weight excluding hydrogens is 466 g/mol. The summed E-state index contributed by atoms with van der Waals surface area (Å²) in [5.74, 6) is 0.425. The van der Waals surface area contributed by atoms with Crippen LogP contribution in [0.15, 0.2) is 55.5 Å². The maximum atomic E-state index is 12.1. The number of carbonyl (C=O) groups excluding carboxylic acids is 2. The molecule has 3 aromatic rings. The van der Waals surface area contributed by atoms with Crippen molar-refractivity contribution in [3.63, 3.8) is 0 Å². The zero-order chi connectivity index (χ0) is 27.4. The molecule has 1 aromatic carbocycles. The highest BCUT2D eigenvalue weighted by Crippen LogP contribution is 2.23. The van der Waals surface area contributed by atoms with Crippen molar-refractivity contribution < 1.29 is 9.59 Å². The van der Waals surface area contributed by atoms with Crippen molar-refractivity contribution in [1.82, 2.24) is 24.2 Å². The topological polar surface area (TPSA) is 97.1 Å². The van der Waals surface area contributed by atoms with Crippen LogP contribution in [0.3, 0.4) is 0 Å². The largest absolute Gasteiger partial charge is 0.348 e. The predicted molar refractivity (Wildman–Crippen MR) is 150 cm³/mol. The Hall–Kier alpha value is -4.14.